The quantitative estimate of drug-likeness (QED) is 0.185. The van der Waals surface area contributed by atoms with Crippen molar-refractivity contribution in [3.63, 3.8) is 0 Å². The number of nitrogens with zero attached hydrogens (tertiary/aromatic N) is 4. The van der Waals surface area contributed by atoms with Gasteiger partial charge >= 0.3 is 0 Å². The minimum Gasteiger partial charge on any atom is -0.309 e. The third-order valence-electron chi connectivity index (χ3n) is 9.48. The van der Waals surface area contributed by atoms with Crippen LogP contribution in [0.4, 0.5) is 0 Å². The summed E-state index contributed by atoms with van der Waals surface area (Å²) in [5.41, 5.74) is 8.77. The molecule has 5 heteroatoms. The third kappa shape index (κ3) is 4.71. The van der Waals surface area contributed by atoms with Gasteiger partial charge in [-0.3, -0.25) is 0 Å². The monoisotopic (exact) mass is 656 g/mol. The van der Waals surface area contributed by atoms with Gasteiger partial charge in [-0.15, -0.1) is 11.3 Å². The predicted molar refractivity (Wildman–Crippen MR) is 209 cm³/mol. The molecule has 0 spiro atoms. The average Bonchev–Trinajstić information content (AvgIpc) is 3.74. The molecule has 0 amide bonds. The molecular formula is C45H28N4S. The summed E-state index contributed by atoms with van der Waals surface area (Å²) in [5.74, 6) is 1.97. The number of rotatable bonds is 5. The summed E-state index contributed by atoms with van der Waals surface area (Å²) in [5, 5.41) is 5.18. The molecule has 0 bridgehead atoms. The van der Waals surface area contributed by atoms with Crippen molar-refractivity contribution in [3.8, 4) is 51.0 Å². The lowest BCUT2D eigenvalue weighted by Crippen LogP contribution is -2.00. The SMILES string of the molecule is c1ccc(-c2nc(-c3ccccc3)nc(-c3ccc(-c4ccc(-n5c6ccccc6c6ccc7sc8ccccc8c7c65)cc4)cc3)n2)cc1. The van der Waals surface area contributed by atoms with Crippen LogP contribution in [0.3, 0.4) is 0 Å². The molecular weight excluding hydrogens is 629 g/mol. The Morgan fingerprint density at radius 1 is 0.360 bits per heavy atom. The van der Waals surface area contributed by atoms with Crippen molar-refractivity contribution in [1.82, 2.24) is 19.5 Å². The molecule has 0 aliphatic carbocycles. The van der Waals surface area contributed by atoms with E-state index in [0.717, 1.165) is 33.5 Å². The van der Waals surface area contributed by atoms with Crippen LogP contribution in [0.1, 0.15) is 0 Å². The summed E-state index contributed by atoms with van der Waals surface area (Å²) in [6.07, 6.45) is 0. The molecule has 3 aromatic heterocycles. The summed E-state index contributed by atoms with van der Waals surface area (Å²) in [4.78, 5) is 14.6. The van der Waals surface area contributed by atoms with E-state index in [1.54, 1.807) is 0 Å². The van der Waals surface area contributed by atoms with Crippen molar-refractivity contribution in [2.75, 3.05) is 0 Å². The average molecular weight is 657 g/mol. The van der Waals surface area contributed by atoms with E-state index in [1.807, 2.05) is 72.0 Å². The van der Waals surface area contributed by atoms with Crippen LogP contribution >= 0.6 is 11.3 Å². The van der Waals surface area contributed by atoms with Crippen LogP contribution in [0.15, 0.2) is 170 Å². The molecule has 3 heterocycles. The van der Waals surface area contributed by atoms with Gasteiger partial charge in [-0.2, -0.15) is 0 Å². The van der Waals surface area contributed by atoms with Crippen molar-refractivity contribution in [3.05, 3.63) is 170 Å². The minimum atomic E-state index is 0.651. The summed E-state index contributed by atoms with van der Waals surface area (Å²) >= 11 is 1.86. The van der Waals surface area contributed by atoms with Crippen LogP contribution in [0.5, 0.6) is 0 Å². The number of hydrogen-bond acceptors (Lipinski definition) is 4. The van der Waals surface area contributed by atoms with Gasteiger partial charge in [0.1, 0.15) is 0 Å². The van der Waals surface area contributed by atoms with E-state index >= 15 is 0 Å². The Morgan fingerprint density at radius 3 is 1.50 bits per heavy atom. The number of hydrogen-bond donors (Lipinski definition) is 0. The Morgan fingerprint density at radius 2 is 0.860 bits per heavy atom. The Labute approximate surface area is 292 Å². The zero-order chi connectivity index (χ0) is 33.0. The smallest absolute Gasteiger partial charge is 0.164 e. The molecule has 0 unspecified atom stereocenters. The first-order valence-corrected chi connectivity index (χ1v) is 17.5. The number of para-hydroxylation sites is 1. The van der Waals surface area contributed by atoms with Gasteiger partial charge in [0.05, 0.1) is 11.0 Å². The zero-order valence-electron chi connectivity index (χ0n) is 26.9. The molecule has 0 saturated heterocycles. The van der Waals surface area contributed by atoms with Crippen LogP contribution in [0.25, 0.3) is 93.0 Å². The number of thiophene rings is 1. The molecule has 0 fully saturated rings. The fraction of sp³-hybridized carbons (Fsp3) is 0. The standard InChI is InChI=1S/C45H28N4S/c1-3-11-31(12-4-1)43-46-44(32-13-5-2-6-14-32)48-45(47-43)33-21-19-29(20-22-33)30-23-25-34(26-24-30)49-38-17-9-7-15-35(38)36-27-28-40-41(42(36)49)37-16-8-10-18-39(37)50-40/h1-28H. The minimum absolute atomic E-state index is 0.651. The molecule has 0 saturated carbocycles. The summed E-state index contributed by atoms with van der Waals surface area (Å²) in [6.45, 7) is 0. The highest BCUT2D eigenvalue weighted by Gasteiger charge is 2.18. The number of aromatic nitrogens is 4. The van der Waals surface area contributed by atoms with Gasteiger partial charge < -0.3 is 4.57 Å². The first-order chi connectivity index (χ1) is 24.8. The molecule has 0 atom stereocenters. The maximum atomic E-state index is 4.90. The summed E-state index contributed by atoms with van der Waals surface area (Å²) in [6, 6.07) is 59.7. The Bertz CT molecular complexity index is 2780. The van der Waals surface area contributed by atoms with Gasteiger partial charge in [0.2, 0.25) is 0 Å². The van der Waals surface area contributed by atoms with Crippen molar-refractivity contribution < 1.29 is 0 Å². The van der Waals surface area contributed by atoms with E-state index in [2.05, 4.69) is 114 Å². The third-order valence-corrected chi connectivity index (χ3v) is 10.6. The van der Waals surface area contributed by atoms with E-state index in [4.69, 9.17) is 15.0 Å². The molecule has 4 nitrogen and oxygen atoms in total. The first-order valence-electron chi connectivity index (χ1n) is 16.7. The highest BCUT2D eigenvalue weighted by atomic mass is 32.1. The fourth-order valence-corrected chi connectivity index (χ4v) is 8.19. The lowest BCUT2D eigenvalue weighted by molar-refractivity contribution is 1.07. The molecule has 10 aromatic rings. The van der Waals surface area contributed by atoms with Gasteiger partial charge in [0.25, 0.3) is 0 Å². The topological polar surface area (TPSA) is 43.6 Å². The molecule has 0 N–H and O–H groups in total. The number of fused-ring (bicyclic) bond motifs is 7. The highest BCUT2D eigenvalue weighted by Crippen LogP contribution is 2.43. The molecule has 0 aliphatic rings. The first kappa shape index (κ1) is 28.6. The van der Waals surface area contributed by atoms with Crippen LogP contribution in [0, 0.1) is 0 Å². The van der Waals surface area contributed by atoms with E-state index in [9.17, 15) is 0 Å². The van der Waals surface area contributed by atoms with Crippen molar-refractivity contribution in [2.24, 2.45) is 0 Å². The van der Waals surface area contributed by atoms with Gasteiger partial charge in [-0.25, -0.2) is 15.0 Å². The van der Waals surface area contributed by atoms with Crippen LogP contribution < -0.4 is 0 Å². The van der Waals surface area contributed by atoms with E-state index in [0.29, 0.717) is 17.5 Å². The predicted octanol–water partition coefficient (Wildman–Crippen LogP) is 12.0. The molecule has 0 radical (unpaired) electrons. The van der Waals surface area contributed by atoms with E-state index in [-0.39, 0.29) is 0 Å². The van der Waals surface area contributed by atoms with Gasteiger partial charge in [0, 0.05) is 53.3 Å². The van der Waals surface area contributed by atoms with Crippen molar-refractivity contribution >= 4 is 53.3 Å². The van der Waals surface area contributed by atoms with Gasteiger partial charge in [-0.1, -0.05) is 140 Å². The number of benzene rings is 7. The van der Waals surface area contributed by atoms with Crippen LogP contribution in [-0.4, -0.2) is 19.5 Å². The fourth-order valence-electron chi connectivity index (χ4n) is 7.09. The Kier molecular flexibility index (Phi) is 6.64. The van der Waals surface area contributed by atoms with E-state index < -0.39 is 0 Å². The maximum Gasteiger partial charge on any atom is 0.164 e. The normalized spacial score (nSPS) is 11.6. The van der Waals surface area contributed by atoms with Gasteiger partial charge in [0.15, 0.2) is 17.5 Å². The maximum absolute atomic E-state index is 4.90. The molecule has 0 aliphatic heterocycles. The van der Waals surface area contributed by atoms with E-state index in [1.165, 1.54) is 42.0 Å². The molecule has 10 rings (SSSR count). The lowest BCUT2D eigenvalue weighted by Gasteiger charge is -2.11. The lowest BCUT2D eigenvalue weighted by atomic mass is 10.0. The van der Waals surface area contributed by atoms with Crippen LogP contribution in [0.2, 0.25) is 0 Å². The van der Waals surface area contributed by atoms with Crippen molar-refractivity contribution in [2.45, 2.75) is 0 Å². The Balaban J connectivity index is 1.05. The highest BCUT2D eigenvalue weighted by molar-refractivity contribution is 7.26. The van der Waals surface area contributed by atoms with Gasteiger partial charge in [-0.05, 0) is 41.5 Å². The molecule has 234 valence electrons. The second-order valence-electron chi connectivity index (χ2n) is 12.4. The van der Waals surface area contributed by atoms with Crippen molar-refractivity contribution in [1.29, 1.82) is 0 Å². The summed E-state index contributed by atoms with van der Waals surface area (Å²) < 4.78 is 5.06. The Hall–Kier alpha value is -6.43. The second-order valence-corrected chi connectivity index (χ2v) is 13.5. The largest absolute Gasteiger partial charge is 0.309 e. The van der Waals surface area contributed by atoms with Crippen LogP contribution in [-0.2, 0) is 0 Å². The molecule has 7 aromatic carbocycles. The zero-order valence-corrected chi connectivity index (χ0v) is 27.7. The molecule has 50 heavy (non-hydrogen) atoms. The summed E-state index contributed by atoms with van der Waals surface area (Å²) in [7, 11) is 0. The second kappa shape index (κ2) is 11.6.